The van der Waals surface area contributed by atoms with Gasteiger partial charge in [-0.1, -0.05) is 30.3 Å². The lowest BCUT2D eigenvalue weighted by Gasteiger charge is -2.58. The van der Waals surface area contributed by atoms with Crippen molar-refractivity contribution >= 4 is 0 Å². The van der Waals surface area contributed by atoms with Crippen LogP contribution in [0.2, 0.25) is 0 Å². The van der Waals surface area contributed by atoms with Crippen molar-refractivity contribution in [2.45, 2.75) is 50.6 Å². The van der Waals surface area contributed by atoms with Crippen LogP contribution in [0.3, 0.4) is 0 Å². The van der Waals surface area contributed by atoms with E-state index in [0.717, 1.165) is 23.3 Å². The molecule has 3 heteroatoms. The molecule has 3 nitrogen and oxygen atoms in total. The molecular formula is C20H26N2O. The lowest BCUT2D eigenvalue weighted by Crippen LogP contribution is -2.56. The Balaban J connectivity index is 1.56. The summed E-state index contributed by atoms with van der Waals surface area (Å²) in [6.45, 7) is 0.0363. The monoisotopic (exact) mass is 310 g/mol. The average Bonchev–Trinajstić information content (AvgIpc) is 2.55. The van der Waals surface area contributed by atoms with Crippen LogP contribution in [0, 0.1) is 34.5 Å². The Bertz CT molecular complexity index is 556. The van der Waals surface area contributed by atoms with Crippen molar-refractivity contribution in [3.05, 3.63) is 35.9 Å². The molecule has 2 N–H and O–H groups in total. The molecule has 2 atom stereocenters. The van der Waals surface area contributed by atoms with Gasteiger partial charge < -0.3 is 5.11 Å². The number of aliphatic hydroxyl groups is 1. The molecule has 23 heavy (non-hydrogen) atoms. The van der Waals surface area contributed by atoms with Gasteiger partial charge in [-0.05, 0) is 67.3 Å². The van der Waals surface area contributed by atoms with Crippen LogP contribution in [0.25, 0.3) is 0 Å². The number of rotatable bonds is 5. The Kier molecular flexibility index (Phi) is 3.91. The van der Waals surface area contributed by atoms with Crippen molar-refractivity contribution in [1.82, 2.24) is 5.32 Å². The van der Waals surface area contributed by atoms with Gasteiger partial charge in [-0.3, -0.25) is 5.32 Å². The first kappa shape index (κ1) is 15.2. The number of nitrogens with zero attached hydrogens (tertiary/aromatic N) is 1. The molecule has 1 aromatic rings. The van der Waals surface area contributed by atoms with Gasteiger partial charge in [0.05, 0.1) is 18.7 Å². The first-order chi connectivity index (χ1) is 11.2. The molecule has 4 bridgehead atoms. The Morgan fingerprint density at radius 3 is 2.13 bits per heavy atom. The van der Waals surface area contributed by atoms with E-state index in [-0.39, 0.29) is 24.1 Å². The minimum absolute atomic E-state index is 0.0363. The van der Waals surface area contributed by atoms with E-state index in [4.69, 9.17) is 0 Å². The highest BCUT2D eigenvalue weighted by Crippen LogP contribution is 2.61. The minimum atomic E-state index is -0.145. The lowest BCUT2D eigenvalue weighted by atomic mass is 9.48. The lowest BCUT2D eigenvalue weighted by molar-refractivity contribution is -0.0661. The van der Waals surface area contributed by atoms with Crippen molar-refractivity contribution < 1.29 is 5.11 Å². The second kappa shape index (κ2) is 5.92. The third-order valence-electron chi connectivity index (χ3n) is 6.58. The molecule has 4 saturated carbocycles. The van der Waals surface area contributed by atoms with Crippen molar-refractivity contribution in [1.29, 1.82) is 5.26 Å². The topological polar surface area (TPSA) is 56.0 Å². The molecular weight excluding hydrogens is 284 g/mol. The second-order valence-electron chi connectivity index (χ2n) is 8.15. The molecule has 0 saturated heterocycles. The number of hydrogen-bond acceptors (Lipinski definition) is 3. The maximum Gasteiger partial charge on any atom is 0.102 e. The van der Waals surface area contributed by atoms with Crippen LogP contribution in [0.4, 0.5) is 0 Å². The van der Waals surface area contributed by atoms with E-state index in [1.165, 1.54) is 38.5 Å². The minimum Gasteiger partial charge on any atom is -0.394 e. The fourth-order valence-corrected chi connectivity index (χ4v) is 6.02. The van der Waals surface area contributed by atoms with E-state index in [2.05, 4.69) is 11.4 Å². The highest BCUT2D eigenvalue weighted by molar-refractivity contribution is 5.21. The molecule has 0 amide bonds. The van der Waals surface area contributed by atoms with Crippen LogP contribution < -0.4 is 5.32 Å². The summed E-state index contributed by atoms with van der Waals surface area (Å²) in [7, 11) is 0. The zero-order valence-corrected chi connectivity index (χ0v) is 13.6. The van der Waals surface area contributed by atoms with Crippen LogP contribution in [-0.4, -0.2) is 17.8 Å². The summed E-state index contributed by atoms with van der Waals surface area (Å²) in [5, 5.41) is 23.2. The maximum atomic E-state index is 9.88. The van der Waals surface area contributed by atoms with Crippen molar-refractivity contribution in [3.8, 4) is 6.07 Å². The second-order valence-corrected chi connectivity index (χ2v) is 8.15. The average molecular weight is 310 g/mol. The number of hydrogen-bond donors (Lipinski definition) is 2. The molecule has 0 spiro atoms. The molecule has 5 rings (SSSR count). The summed E-state index contributed by atoms with van der Waals surface area (Å²) in [6.07, 6.45) is 7.78. The predicted molar refractivity (Wildman–Crippen MR) is 89.4 cm³/mol. The van der Waals surface area contributed by atoms with E-state index in [1.807, 2.05) is 30.3 Å². The van der Waals surface area contributed by atoms with E-state index in [0.29, 0.717) is 0 Å². The summed E-state index contributed by atoms with van der Waals surface area (Å²) in [6, 6.07) is 12.3. The van der Waals surface area contributed by atoms with Gasteiger partial charge in [-0.25, -0.2) is 0 Å². The largest absolute Gasteiger partial charge is 0.394 e. The van der Waals surface area contributed by atoms with Crippen LogP contribution in [0.1, 0.15) is 50.1 Å². The first-order valence-electron chi connectivity index (χ1n) is 9.04. The third kappa shape index (κ3) is 2.69. The van der Waals surface area contributed by atoms with Gasteiger partial charge in [0, 0.05) is 0 Å². The first-order valence-corrected chi connectivity index (χ1v) is 9.04. The molecule has 1 unspecified atom stereocenters. The quantitative estimate of drug-likeness (QED) is 0.876. The molecule has 4 aliphatic rings. The number of aliphatic hydroxyl groups excluding tert-OH is 1. The van der Waals surface area contributed by atoms with Gasteiger partial charge in [0.15, 0.2) is 0 Å². The Labute approximate surface area is 138 Å². The molecule has 4 aliphatic carbocycles. The molecule has 0 aliphatic heterocycles. The summed E-state index contributed by atoms with van der Waals surface area (Å²) in [5.74, 6) is 2.51. The van der Waals surface area contributed by atoms with Gasteiger partial charge in [0.2, 0.25) is 0 Å². The SMILES string of the molecule is N#CC(N[C@@H](CO)c1ccccc1)C12CC3CC(CC(C3)C1)C2. The van der Waals surface area contributed by atoms with Gasteiger partial charge >= 0.3 is 0 Å². The third-order valence-corrected chi connectivity index (χ3v) is 6.58. The Morgan fingerprint density at radius 2 is 1.65 bits per heavy atom. The highest BCUT2D eigenvalue weighted by Gasteiger charge is 2.54. The molecule has 4 fully saturated rings. The van der Waals surface area contributed by atoms with Crippen molar-refractivity contribution in [2.24, 2.45) is 23.2 Å². The van der Waals surface area contributed by atoms with Crippen LogP contribution in [0.5, 0.6) is 0 Å². The van der Waals surface area contributed by atoms with E-state index in [9.17, 15) is 10.4 Å². The molecule has 1 aromatic carbocycles. The van der Waals surface area contributed by atoms with E-state index in [1.54, 1.807) is 0 Å². The van der Waals surface area contributed by atoms with Gasteiger partial charge in [-0.2, -0.15) is 5.26 Å². The van der Waals surface area contributed by atoms with Crippen LogP contribution >= 0.6 is 0 Å². The Morgan fingerprint density at radius 1 is 1.09 bits per heavy atom. The van der Waals surface area contributed by atoms with Gasteiger partial charge in [0.1, 0.15) is 6.04 Å². The fraction of sp³-hybridized carbons (Fsp3) is 0.650. The summed E-state index contributed by atoms with van der Waals surface area (Å²) < 4.78 is 0. The molecule has 0 heterocycles. The number of benzene rings is 1. The number of nitriles is 1. The van der Waals surface area contributed by atoms with E-state index >= 15 is 0 Å². The zero-order chi connectivity index (χ0) is 15.9. The highest BCUT2D eigenvalue weighted by atomic mass is 16.3. The summed E-state index contributed by atoms with van der Waals surface area (Å²) >= 11 is 0. The number of nitrogens with one attached hydrogen (secondary N) is 1. The smallest absolute Gasteiger partial charge is 0.102 e. The van der Waals surface area contributed by atoms with Crippen molar-refractivity contribution in [2.75, 3.05) is 6.61 Å². The zero-order valence-electron chi connectivity index (χ0n) is 13.6. The van der Waals surface area contributed by atoms with Gasteiger partial charge in [0.25, 0.3) is 0 Å². The van der Waals surface area contributed by atoms with Crippen LogP contribution in [-0.2, 0) is 0 Å². The molecule has 0 aromatic heterocycles. The van der Waals surface area contributed by atoms with Crippen molar-refractivity contribution in [3.63, 3.8) is 0 Å². The van der Waals surface area contributed by atoms with Crippen LogP contribution in [0.15, 0.2) is 30.3 Å². The maximum absolute atomic E-state index is 9.88. The summed E-state index contributed by atoms with van der Waals surface area (Å²) in [4.78, 5) is 0. The Hall–Kier alpha value is -1.37. The van der Waals surface area contributed by atoms with Gasteiger partial charge in [-0.15, -0.1) is 0 Å². The predicted octanol–water partition coefficient (Wildman–Crippen LogP) is 3.42. The fourth-order valence-electron chi connectivity index (χ4n) is 6.02. The standard InChI is InChI=1S/C20H26N2O/c21-12-19(22-18(13-23)17-4-2-1-3-5-17)20-9-14-6-15(10-20)8-16(7-14)11-20/h1-5,14-16,18-19,22-23H,6-11,13H2/t14?,15?,16?,18-,19?,20?/m0/s1. The summed E-state index contributed by atoms with van der Waals surface area (Å²) in [5.41, 5.74) is 1.21. The molecule has 0 radical (unpaired) electrons. The normalized spacial score (nSPS) is 37.3. The molecule has 122 valence electrons. The van der Waals surface area contributed by atoms with E-state index < -0.39 is 0 Å².